The quantitative estimate of drug-likeness (QED) is 0.676. The van der Waals surface area contributed by atoms with Crippen LogP contribution in [0.4, 0.5) is 10.7 Å². The van der Waals surface area contributed by atoms with Crippen LogP contribution in [0.15, 0.2) is 29.2 Å². The summed E-state index contributed by atoms with van der Waals surface area (Å²) >= 11 is 1.23. The van der Waals surface area contributed by atoms with Crippen molar-refractivity contribution >= 4 is 43.9 Å². The summed E-state index contributed by atoms with van der Waals surface area (Å²) in [5.74, 6) is -0.225. The van der Waals surface area contributed by atoms with E-state index in [4.69, 9.17) is 0 Å². The van der Waals surface area contributed by atoms with Crippen LogP contribution in [-0.2, 0) is 14.8 Å². The summed E-state index contributed by atoms with van der Waals surface area (Å²) in [6.45, 7) is 4.71. The average Bonchev–Trinajstić information content (AvgIpc) is 3.53. The van der Waals surface area contributed by atoms with Gasteiger partial charge in [0.1, 0.15) is 0 Å². The van der Waals surface area contributed by atoms with E-state index in [1.807, 2.05) is 13.8 Å². The van der Waals surface area contributed by atoms with Crippen LogP contribution in [0.5, 0.6) is 0 Å². The Labute approximate surface area is 186 Å². The predicted octanol–water partition coefficient (Wildman–Crippen LogP) is 4.14. The molecule has 0 spiro atoms. The predicted molar refractivity (Wildman–Crippen MR) is 122 cm³/mol. The van der Waals surface area contributed by atoms with E-state index >= 15 is 0 Å². The van der Waals surface area contributed by atoms with E-state index in [1.54, 1.807) is 18.2 Å². The third kappa shape index (κ3) is 4.83. The van der Waals surface area contributed by atoms with Crippen LogP contribution < -0.4 is 10.6 Å². The smallest absolute Gasteiger partial charge is 0.266 e. The minimum Gasteiger partial charge on any atom is -0.321 e. The van der Waals surface area contributed by atoms with Gasteiger partial charge in [-0.3, -0.25) is 9.59 Å². The first-order valence-corrected chi connectivity index (χ1v) is 12.8. The number of carbonyl (C=O) groups excluding carboxylic acids is 2. The Morgan fingerprint density at radius 2 is 1.71 bits per heavy atom. The Morgan fingerprint density at radius 3 is 2.39 bits per heavy atom. The molecule has 2 amide bonds. The van der Waals surface area contributed by atoms with E-state index in [1.165, 1.54) is 21.7 Å². The zero-order valence-corrected chi connectivity index (χ0v) is 19.4. The highest BCUT2D eigenvalue weighted by molar-refractivity contribution is 7.89. The van der Waals surface area contributed by atoms with Crippen molar-refractivity contribution in [1.29, 1.82) is 0 Å². The highest BCUT2D eigenvalue weighted by Crippen LogP contribution is 2.33. The summed E-state index contributed by atoms with van der Waals surface area (Å²) in [4.78, 5) is 25.6. The van der Waals surface area contributed by atoms with Crippen LogP contribution in [0, 0.1) is 19.8 Å². The lowest BCUT2D eigenvalue weighted by Gasteiger charge is -2.26. The van der Waals surface area contributed by atoms with Crippen molar-refractivity contribution in [2.45, 2.75) is 50.8 Å². The minimum absolute atomic E-state index is 0.000303. The fraction of sp³-hybridized carbons (Fsp3) is 0.455. The van der Waals surface area contributed by atoms with Crippen molar-refractivity contribution in [2.75, 3.05) is 23.7 Å². The van der Waals surface area contributed by atoms with Crippen LogP contribution in [0.25, 0.3) is 0 Å². The van der Waals surface area contributed by atoms with Gasteiger partial charge in [-0.2, -0.15) is 4.31 Å². The van der Waals surface area contributed by atoms with Gasteiger partial charge in [0.2, 0.25) is 15.9 Å². The van der Waals surface area contributed by atoms with Gasteiger partial charge in [-0.15, -0.1) is 11.3 Å². The maximum Gasteiger partial charge on any atom is 0.266 e. The molecule has 7 nitrogen and oxygen atoms in total. The Bertz CT molecular complexity index is 1110. The SMILES string of the molecule is Cc1ccc(S(=O)(=O)N2CCCCC2)cc1NC(=O)c1sc(NC(=O)C2CC2)cc1C. The lowest BCUT2D eigenvalue weighted by molar-refractivity contribution is -0.117. The molecule has 1 aromatic heterocycles. The van der Waals surface area contributed by atoms with Crippen LogP contribution in [0.1, 0.15) is 52.9 Å². The molecule has 1 aromatic carbocycles. The molecule has 2 N–H and O–H groups in total. The number of rotatable bonds is 6. The summed E-state index contributed by atoms with van der Waals surface area (Å²) in [5.41, 5.74) is 2.02. The van der Waals surface area contributed by atoms with Gasteiger partial charge in [0.05, 0.1) is 14.8 Å². The third-order valence-corrected chi connectivity index (χ3v) is 8.77. The van der Waals surface area contributed by atoms with E-state index in [9.17, 15) is 18.0 Å². The fourth-order valence-corrected chi connectivity index (χ4v) is 6.18. The lowest BCUT2D eigenvalue weighted by atomic mass is 10.2. The van der Waals surface area contributed by atoms with Gasteiger partial charge in [0.25, 0.3) is 5.91 Å². The number of nitrogens with zero attached hydrogens (tertiary/aromatic N) is 1. The van der Waals surface area contributed by atoms with Crippen LogP contribution >= 0.6 is 11.3 Å². The maximum atomic E-state index is 13.0. The molecule has 0 unspecified atom stereocenters. The molecule has 2 aromatic rings. The lowest BCUT2D eigenvalue weighted by Crippen LogP contribution is -2.35. The Balaban J connectivity index is 1.52. The molecular formula is C22H27N3O4S2. The second-order valence-corrected chi connectivity index (χ2v) is 11.3. The Hall–Kier alpha value is -2.23. The number of hydrogen-bond acceptors (Lipinski definition) is 5. The molecule has 0 atom stereocenters. The van der Waals surface area contributed by atoms with Gasteiger partial charge in [0.15, 0.2) is 0 Å². The number of benzene rings is 1. The highest BCUT2D eigenvalue weighted by atomic mass is 32.2. The molecule has 1 saturated heterocycles. The molecule has 31 heavy (non-hydrogen) atoms. The zero-order chi connectivity index (χ0) is 22.2. The fourth-order valence-electron chi connectivity index (χ4n) is 3.67. The van der Waals surface area contributed by atoms with E-state index in [0.717, 1.165) is 43.2 Å². The molecule has 1 aliphatic carbocycles. The third-order valence-electron chi connectivity index (χ3n) is 5.73. The molecule has 1 aliphatic heterocycles. The number of carbonyl (C=O) groups is 2. The van der Waals surface area contributed by atoms with Crippen molar-refractivity contribution in [3.63, 3.8) is 0 Å². The number of aryl methyl sites for hydroxylation is 2. The molecule has 2 aliphatic rings. The molecule has 0 bridgehead atoms. The van der Waals surface area contributed by atoms with E-state index < -0.39 is 10.0 Å². The number of anilines is 2. The average molecular weight is 462 g/mol. The molecule has 9 heteroatoms. The summed E-state index contributed by atoms with van der Waals surface area (Å²) in [7, 11) is -3.58. The largest absolute Gasteiger partial charge is 0.321 e. The molecule has 2 fully saturated rings. The van der Waals surface area contributed by atoms with Gasteiger partial charge in [-0.1, -0.05) is 12.5 Å². The highest BCUT2D eigenvalue weighted by Gasteiger charge is 2.30. The van der Waals surface area contributed by atoms with Gasteiger partial charge in [0, 0.05) is 24.7 Å². The van der Waals surface area contributed by atoms with Crippen LogP contribution in [0.3, 0.4) is 0 Å². The van der Waals surface area contributed by atoms with Crippen LogP contribution in [-0.4, -0.2) is 37.6 Å². The summed E-state index contributed by atoms with van der Waals surface area (Å²) in [6.07, 6.45) is 4.61. The number of thiophene rings is 1. The second-order valence-electron chi connectivity index (χ2n) is 8.28. The summed E-state index contributed by atoms with van der Waals surface area (Å²) in [6, 6.07) is 6.64. The van der Waals surface area contributed by atoms with Crippen molar-refractivity contribution < 1.29 is 18.0 Å². The minimum atomic E-state index is -3.58. The standard InChI is InChI=1S/C22H27N3O4S2/c1-14-6-9-17(31(28,29)25-10-4-3-5-11-25)13-18(14)23-22(27)20-15(2)12-19(30-20)24-21(26)16-7-8-16/h6,9,12-13,16H,3-5,7-8,10-11H2,1-2H3,(H,23,27)(H,24,26). The number of sulfonamides is 1. The Morgan fingerprint density at radius 1 is 1.00 bits per heavy atom. The molecule has 2 heterocycles. The number of piperidine rings is 1. The number of hydrogen-bond donors (Lipinski definition) is 2. The van der Waals surface area contributed by atoms with Crippen molar-refractivity contribution in [3.8, 4) is 0 Å². The molecular weight excluding hydrogens is 434 g/mol. The second kappa shape index (κ2) is 8.72. The first-order valence-electron chi connectivity index (χ1n) is 10.6. The first-order chi connectivity index (χ1) is 14.8. The van der Waals surface area contributed by atoms with E-state index in [0.29, 0.717) is 28.7 Å². The number of nitrogens with one attached hydrogen (secondary N) is 2. The van der Waals surface area contributed by atoms with Gasteiger partial charge in [-0.05, 0) is 68.9 Å². The van der Waals surface area contributed by atoms with E-state index in [-0.39, 0.29) is 22.6 Å². The topological polar surface area (TPSA) is 95.6 Å². The maximum absolute atomic E-state index is 13.0. The molecule has 0 radical (unpaired) electrons. The molecule has 4 rings (SSSR count). The van der Waals surface area contributed by atoms with Crippen molar-refractivity contribution in [2.24, 2.45) is 5.92 Å². The van der Waals surface area contributed by atoms with Crippen molar-refractivity contribution in [1.82, 2.24) is 4.31 Å². The van der Waals surface area contributed by atoms with E-state index in [2.05, 4.69) is 10.6 Å². The van der Waals surface area contributed by atoms with Gasteiger partial charge >= 0.3 is 0 Å². The Kier molecular flexibility index (Phi) is 6.18. The molecule has 1 saturated carbocycles. The van der Waals surface area contributed by atoms with Crippen molar-refractivity contribution in [3.05, 3.63) is 40.3 Å². The monoisotopic (exact) mass is 461 g/mol. The van der Waals surface area contributed by atoms with Gasteiger partial charge in [-0.25, -0.2) is 8.42 Å². The van der Waals surface area contributed by atoms with Crippen LogP contribution in [0.2, 0.25) is 0 Å². The zero-order valence-electron chi connectivity index (χ0n) is 17.7. The normalized spacial score (nSPS) is 17.4. The molecule has 166 valence electrons. The first kappa shape index (κ1) is 22.0. The summed E-state index contributed by atoms with van der Waals surface area (Å²) in [5, 5.41) is 6.39. The summed E-state index contributed by atoms with van der Waals surface area (Å²) < 4.78 is 27.5. The number of amides is 2. The van der Waals surface area contributed by atoms with Gasteiger partial charge < -0.3 is 10.6 Å².